The summed E-state index contributed by atoms with van der Waals surface area (Å²) in [6.45, 7) is 5.61. The van der Waals surface area contributed by atoms with E-state index in [0.29, 0.717) is 41.3 Å². The third-order valence-corrected chi connectivity index (χ3v) is 5.95. The molecule has 10 heteroatoms. The molecule has 9 nitrogen and oxygen atoms in total. The largest absolute Gasteiger partial charge is 0.495 e. The molecule has 1 heterocycles. The average Bonchev–Trinajstić information content (AvgIpc) is 3.16. The van der Waals surface area contributed by atoms with Crippen LogP contribution in [0.4, 0.5) is 11.6 Å². The Morgan fingerprint density at radius 2 is 1.84 bits per heavy atom. The van der Waals surface area contributed by atoms with Crippen molar-refractivity contribution in [3.05, 3.63) is 48.2 Å². The summed E-state index contributed by atoms with van der Waals surface area (Å²) in [5.74, 6) is 0.633. The van der Waals surface area contributed by atoms with Gasteiger partial charge in [-0.15, -0.1) is 0 Å². The number of carbonyl (C=O) groups excluding carboxylic acids is 1. The Morgan fingerprint density at radius 3 is 2.44 bits per heavy atom. The predicted octanol–water partition coefficient (Wildman–Crippen LogP) is 4.07. The Hall–Kier alpha value is -3.53. The molecule has 1 amide bonds. The Balaban J connectivity index is 2.03. The molecule has 0 bridgehead atoms. The van der Waals surface area contributed by atoms with Gasteiger partial charge in [0, 0.05) is 12.6 Å². The second-order valence-corrected chi connectivity index (χ2v) is 8.45. The van der Waals surface area contributed by atoms with Crippen molar-refractivity contribution in [1.82, 2.24) is 5.16 Å². The van der Waals surface area contributed by atoms with Gasteiger partial charge in [-0.05, 0) is 55.3 Å². The van der Waals surface area contributed by atoms with Crippen LogP contribution < -0.4 is 19.5 Å². The number of benzene rings is 2. The number of amides is 1. The number of nitrogens with one attached hydrogen (secondary N) is 2. The maximum atomic E-state index is 13.2. The Labute approximate surface area is 186 Å². The van der Waals surface area contributed by atoms with Gasteiger partial charge in [0.25, 0.3) is 10.0 Å². The summed E-state index contributed by atoms with van der Waals surface area (Å²) in [6, 6.07) is 11.3. The molecular weight excluding hydrogens is 434 g/mol. The average molecular weight is 460 g/mol. The molecule has 0 unspecified atom stereocenters. The smallest absolute Gasteiger partial charge is 0.265 e. The summed E-state index contributed by atoms with van der Waals surface area (Å²) in [6.07, 6.45) is 0.525. The lowest BCUT2D eigenvalue weighted by Gasteiger charge is -2.14. The number of hydrogen-bond donors (Lipinski definition) is 2. The number of methoxy groups -OCH3 is 1. The summed E-state index contributed by atoms with van der Waals surface area (Å²) >= 11 is 0. The number of hydrogen-bond acceptors (Lipinski definition) is 7. The normalized spacial score (nSPS) is 11.1. The Morgan fingerprint density at radius 1 is 1.12 bits per heavy atom. The molecule has 3 rings (SSSR count). The lowest BCUT2D eigenvalue weighted by atomic mass is 10.0. The molecule has 3 aromatic rings. The van der Waals surface area contributed by atoms with Crippen molar-refractivity contribution in [3.8, 4) is 22.6 Å². The van der Waals surface area contributed by atoms with Gasteiger partial charge in [-0.3, -0.25) is 14.8 Å². The van der Waals surface area contributed by atoms with Crippen LogP contribution in [0.2, 0.25) is 0 Å². The molecule has 0 atom stereocenters. The SMILES string of the molecule is CCOc1ccc(NS(=O)(=O)c2cc(-c3c(CC)noc3NC(C)=O)ccc2OC)cc1. The maximum absolute atomic E-state index is 13.2. The fourth-order valence-electron chi connectivity index (χ4n) is 3.15. The van der Waals surface area contributed by atoms with Crippen LogP contribution in [0.5, 0.6) is 11.5 Å². The number of aryl methyl sites for hydroxylation is 1. The van der Waals surface area contributed by atoms with Gasteiger partial charge in [0.15, 0.2) is 0 Å². The summed E-state index contributed by atoms with van der Waals surface area (Å²) in [7, 11) is -2.61. The number of rotatable bonds is 9. The van der Waals surface area contributed by atoms with E-state index in [2.05, 4.69) is 15.2 Å². The van der Waals surface area contributed by atoms with Gasteiger partial charge in [0.2, 0.25) is 11.8 Å². The van der Waals surface area contributed by atoms with E-state index >= 15 is 0 Å². The van der Waals surface area contributed by atoms with Crippen molar-refractivity contribution in [2.45, 2.75) is 32.1 Å². The minimum absolute atomic E-state index is 0.0663. The van der Waals surface area contributed by atoms with E-state index in [1.807, 2.05) is 13.8 Å². The molecule has 0 radical (unpaired) electrons. The van der Waals surface area contributed by atoms with Crippen LogP contribution in [-0.4, -0.2) is 33.2 Å². The first-order chi connectivity index (χ1) is 15.3. The summed E-state index contributed by atoms with van der Waals surface area (Å²) in [4.78, 5) is 11.5. The summed E-state index contributed by atoms with van der Waals surface area (Å²) in [5.41, 5.74) is 1.99. The van der Waals surface area contributed by atoms with Crippen LogP contribution >= 0.6 is 0 Å². The van der Waals surface area contributed by atoms with Gasteiger partial charge in [0.05, 0.1) is 25.0 Å². The molecule has 0 aliphatic carbocycles. The van der Waals surface area contributed by atoms with Crippen LogP contribution in [0.15, 0.2) is 51.9 Å². The predicted molar refractivity (Wildman–Crippen MR) is 121 cm³/mol. The number of sulfonamides is 1. The topological polar surface area (TPSA) is 120 Å². The van der Waals surface area contributed by atoms with Crippen molar-refractivity contribution < 1.29 is 27.2 Å². The first-order valence-corrected chi connectivity index (χ1v) is 11.5. The summed E-state index contributed by atoms with van der Waals surface area (Å²) < 4.78 is 44.9. The van der Waals surface area contributed by atoms with Gasteiger partial charge >= 0.3 is 0 Å². The highest BCUT2D eigenvalue weighted by molar-refractivity contribution is 7.92. The molecule has 0 spiro atoms. The zero-order valence-corrected chi connectivity index (χ0v) is 19.1. The number of anilines is 2. The number of aromatic nitrogens is 1. The van der Waals surface area contributed by atoms with Crippen LogP contribution in [0.25, 0.3) is 11.1 Å². The Bertz CT molecular complexity index is 1200. The van der Waals surface area contributed by atoms with Crippen LogP contribution in [0.3, 0.4) is 0 Å². The molecule has 0 fully saturated rings. The molecule has 2 aromatic carbocycles. The highest BCUT2D eigenvalue weighted by Gasteiger charge is 2.24. The monoisotopic (exact) mass is 459 g/mol. The fraction of sp³-hybridized carbons (Fsp3) is 0.273. The van der Waals surface area contributed by atoms with E-state index in [1.165, 1.54) is 20.1 Å². The highest BCUT2D eigenvalue weighted by Crippen LogP contribution is 2.37. The van der Waals surface area contributed by atoms with E-state index in [0.717, 1.165) is 0 Å². The lowest BCUT2D eigenvalue weighted by molar-refractivity contribution is -0.114. The second kappa shape index (κ2) is 9.73. The Kier molecular flexibility index (Phi) is 7.04. The van der Waals surface area contributed by atoms with Crippen LogP contribution in [0, 0.1) is 0 Å². The van der Waals surface area contributed by atoms with Crippen LogP contribution in [0.1, 0.15) is 26.5 Å². The van der Waals surface area contributed by atoms with Crippen molar-refractivity contribution >= 4 is 27.5 Å². The van der Waals surface area contributed by atoms with Gasteiger partial charge in [0.1, 0.15) is 16.4 Å². The van der Waals surface area contributed by atoms with E-state index in [9.17, 15) is 13.2 Å². The third-order valence-electron chi connectivity index (χ3n) is 4.55. The first kappa shape index (κ1) is 23.1. The zero-order chi connectivity index (χ0) is 23.3. The highest BCUT2D eigenvalue weighted by atomic mass is 32.2. The molecule has 0 aliphatic heterocycles. The first-order valence-electron chi connectivity index (χ1n) is 9.99. The lowest BCUT2D eigenvalue weighted by Crippen LogP contribution is -2.14. The van der Waals surface area contributed by atoms with Crippen molar-refractivity contribution in [3.63, 3.8) is 0 Å². The van der Waals surface area contributed by atoms with Crippen molar-refractivity contribution in [2.24, 2.45) is 0 Å². The van der Waals surface area contributed by atoms with Gasteiger partial charge in [-0.2, -0.15) is 0 Å². The standard InChI is InChI=1S/C22H25N3O6S/c1-5-18-21(22(31-24-18)23-14(3)26)15-7-12-19(29-4)20(13-15)32(27,28)25-16-8-10-17(11-9-16)30-6-2/h7-13,25H,5-6H2,1-4H3,(H,23,26). The van der Waals surface area contributed by atoms with Gasteiger partial charge in [-0.25, -0.2) is 8.42 Å². The van der Waals surface area contributed by atoms with Crippen molar-refractivity contribution in [2.75, 3.05) is 23.8 Å². The molecule has 1 aromatic heterocycles. The molecule has 32 heavy (non-hydrogen) atoms. The minimum Gasteiger partial charge on any atom is -0.495 e. The zero-order valence-electron chi connectivity index (χ0n) is 18.3. The fourth-order valence-corrected chi connectivity index (χ4v) is 4.40. The van der Waals surface area contributed by atoms with Crippen molar-refractivity contribution in [1.29, 1.82) is 0 Å². The minimum atomic E-state index is -4.00. The van der Waals surface area contributed by atoms with Crippen LogP contribution in [-0.2, 0) is 21.2 Å². The maximum Gasteiger partial charge on any atom is 0.265 e. The summed E-state index contributed by atoms with van der Waals surface area (Å²) in [5, 5.41) is 6.58. The third kappa shape index (κ3) is 5.02. The molecular formula is C22H25N3O6S. The van der Waals surface area contributed by atoms with E-state index in [1.54, 1.807) is 36.4 Å². The molecule has 0 aliphatic rings. The number of nitrogens with zero attached hydrogens (tertiary/aromatic N) is 1. The molecule has 2 N–H and O–H groups in total. The number of carbonyl (C=O) groups is 1. The molecule has 0 saturated carbocycles. The molecule has 170 valence electrons. The number of ether oxygens (including phenoxy) is 2. The van der Waals surface area contributed by atoms with E-state index < -0.39 is 10.0 Å². The second-order valence-electron chi connectivity index (χ2n) is 6.80. The quantitative estimate of drug-likeness (QED) is 0.495. The van der Waals surface area contributed by atoms with E-state index in [4.69, 9.17) is 14.0 Å². The van der Waals surface area contributed by atoms with Gasteiger partial charge in [-0.1, -0.05) is 18.1 Å². The van der Waals surface area contributed by atoms with Gasteiger partial charge < -0.3 is 14.0 Å². The van der Waals surface area contributed by atoms with E-state index in [-0.39, 0.29) is 22.4 Å². The molecule has 0 saturated heterocycles.